The van der Waals surface area contributed by atoms with Crippen LogP contribution in [0.25, 0.3) is 5.78 Å². The van der Waals surface area contributed by atoms with Crippen LogP contribution in [0.2, 0.25) is 0 Å². The molecule has 3 aromatic heterocycles. The third kappa shape index (κ3) is 2.37. The summed E-state index contributed by atoms with van der Waals surface area (Å²) in [7, 11) is 0. The summed E-state index contributed by atoms with van der Waals surface area (Å²) in [6, 6.07) is 5.45. The molecule has 3 rings (SSSR count). The van der Waals surface area contributed by atoms with Gasteiger partial charge in [0.05, 0.1) is 0 Å². The molecule has 7 heteroatoms. The first-order valence-electron chi connectivity index (χ1n) is 5.71. The van der Waals surface area contributed by atoms with Crippen molar-refractivity contribution in [2.24, 2.45) is 0 Å². The molecule has 0 atom stereocenters. The number of aromatic nitrogens is 5. The second kappa shape index (κ2) is 4.85. The highest BCUT2D eigenvalue weighted by molar-refractivity contribution is 7.98. The van der Waals surface area contributed by atoms with Crippen LogP contribution in [0, 0.1) is 6.92 Å². The average Bonchev–Trinajstić information content (AvgIpc) is 2.81. The van der Waals surface area contributed by atoms with Crippen LogP contribution < -0.4 is 5.56 Å². The molecule has 0 spiro atoms. The highest BCUT2D eigenvalue weighted by atomic mass is 32.2. The van der Waals surface area contributed by atoms with E-state index in [4.69, 9.17) is 0 Å². The molecule has 0 unspecified atom stereocenters. The van der Waals surface area contributed by atoms with Crippen molar-refractivity contribution in [3.05, 3.63) is 52.2 Å². The fourth-order valence-electron chi connectivity index (χ4n) is 1.79. The lowest BCUT2D eigenvalue weighted by Gasteiger charge is -2.02. The molecule has 1 N–H and O–H groups in total. The molecule has 96 valence electrons. The molecule has 0 aliphatic rings. The molecule has 0 aromatic carbocycles. The Labute approximate surface area is 112 Å². The van der Waals surface area contributed by atoms with Gasteiger partial charge in [-0.05, 0) is 18.6 Å². The van der Waals surface area contributed by atoms with Crippen LogP contribution >= 0.6 is 11.8 Å². The second-order valence-corrected chi connectivity index (χ2v) is 5.01. The number of aromatic amines is 1. The molecule has 0 aliphatic carbocycles. The van der Waals surface area contributed by atoms with Gasteiger partial charge >= 0.3 is 0 Å². The van der Waals surface area contributed by atoms with E-state index >= 15 is 0 Å². The third-order valence-corrected chi connectivity index (χ3v) is 3.65. The molecule has 0 amide bonds. The summed E-state index contributed by atoms with van der Waals surface area (Å²) < 4.78 is 1.84. The van der Waals surface area contributed by atoms with E-state index in [1.54, 1.807) is 18.0 Å². The van der Waals surface area contributed by atoms with Gasteiger partial charge in [-0.15, -0.1) is 10.2 Å². The van der Waals surface area contributed by atoms with Gasteiger partial charge in [0.15, 0.2) is 5.16 Å². The maximum absolute atomic E-state index is 11.3. The molecule has 0 fully saturated rings. The minimum atomic E-state index is -0.166. The SMILES string of the molecule is Cc1cc(=O)[nH]c2nnc(SCc3cccnc3)n12. The first-order chi connectivity index (χ1) is 9.24. The summed E-state index contributed by atoms with van der Waals surface area (Å²) in [5.74, 6) is 1.23. The topological polar surface area (TPSA) is 75.9 Å². The Morgan fingerprint density at radius 2 is 2.32 bits per heavy atom. The van der Waals surface area contributed by atoms with Crippen molar-refractivity contribution in [2.75, 3.05) is 0 Å². The normalized spacial score (nSPS) is 11.0. The molecule has 3 aromatic rings. The number of nitrogens with one attached hydrogen (secondary N) is 1. The fraction of sp³-hybridized carbons (Fsp3) is 0.167. The van der Waals surface area contributed by atoms with E-state index in [0.29, 0.717) is 5.78 Å². The van der Waals surface area contributed by atoms with Crippen LogP contribution in [-0.2, 0) is 5.75 Å². The van der Waals surface area contributed by atoms with Crippen LogP contribution in [0.1, 0.15) is 11.3 Å². The van der Waals surface area contributed by atoms with Gasteiger partial charge in [-0.2, -0.15) is 0 Å². The van der Waals surface area contributed by atoms with Gasteiger partial charge in [-0.1, -0.05) is 17.8 Å². The summed E-state index contributed by atoms with van der Waals surface area (Å²) >= 11 is 1.56. The molecule has 0 radical (unpaired) electrons. The molecular formula is C12H11N5OS. The lowest BCUT2D eigenvalue weighted by molar-refractivity contribution is 0.886. The van der Waals surface area contributed by atoms with Gasteiger partial charge in [0, 0.05) is 29.9 Å². The molecule has 0 saturated carbocycles. The molecule has 0 bridgehead atoms. The summed E-state index contributed by atoms with van der Waals surface area (Å²) in [4.78, 5) is 18.1. The fourth-order valence-corrected chi connectivity index (χ4v) is 2.72. The Hall–Kier alpha value is -2.15. The number of pyridine rings is 1. The second-order valence-electron chi connectivity index (χ2n) is 4.07. The Balaban J connectivity index is 1.92. The van der Waals surface area contributed by atoms with Gasteiger partial charge in [-0.3, -0.25) is 19.2 Å². The predicted octanol–water partition coefficient (Wildman–Crippen LogP) is 1.41. The smallest absolute Gasteiger partial charge is 0.252 e. The van der Waals surface area contributed by atoms with E-state index < -0.39 is 0 Å². The Morgan fingerprint density at radius 1 is 1.42 bits per heavy atom. The minimum Gasteiger partial charge on any atom is -0.291 e. The van der Waals surface area contributed by atoms with Crippen molar-refractivity contribution < 1.29 is 0 Å². The van der Waals surface area contributed by atoms with E-state index in [9.17, 15) is 4.79 Å². The van der Waals surface area contributed by atoms with E-state index in [1.807, 2.05) is 29.7 Å². The quantitative estimate of drug-likeness (QED) is 0.730. The molecule has 0 aliphatic heterocycles. The monoisotopic (exact) mass is 273 g/mol. The van der Waals surface area contributed by atoms with Crippen molar-refractivity contribution in [2.45, 2.75) is 17.8 Å². The number of H-pyrrole nitrogens is 1. The summed E-state index contributed by atoms with van der Waals surface area (Å²) in [6.45, 7) is 1.86. The van der Waals surface area contributed by atoms with Gasteiger partial charge in [0.2, 0.25) is 5.78 Å². The number of rotatable bonds is 3. The summed E-state index contributed by atoms with van der Waals surface area (Å²) in [6.07, 6.45) is 3.57. The Bertz CT molecular complexity index is 765. The number of hydrogen-bond donors (Lipinski definition) is 1. The summed E-state index contributed by atoms with van der Waals surface area (Å²) in [5, 5.41) is 8.83. The van der Waals surface area contributed by atoms with Crippen LogP contribution in [0.15, 0.2) is 40.5 Å². The predicted molar refractivity (Wildman–Crippen MR) is 72.1 cm³/mol. The molecule has 3 heterocycles. The zero-order chi connectivity index (χ0) is 13.2. The maximum Gasteiger partial charge on any atom is 0.252 e. The van der Waals surface area contributed by atoms with E-state index in [2.05, 4.69) is 20.2 Å². The largest absolute Gasteiger partial charge is 0.291 e. The van der Waals surface area contributed by atoms with E-state index in [-0.39, 0.29) is 5.56 Å². The highest BCUT2D eigenvalue weighted by Crippen LogP contribution is 2.21. The molecule has 6 nitrogen and oxygen atoms in total. The van der Waals surface area contributed by atoms with E-state index in [0.717, 1.165) is 22.2 Å². The first kappa shape index (κ1) is 11.9. The van der Waals surface area contributed by atoms with Crippen LogP contribution in [0.4, 0.5) is 0 Å². The standard InChI is InChI=1S/C12H11N5OS/c1-8-5-10(18)14-11-15-16-12(17(8)11)19-7-9-3-2-4-13-6-9/h2-6H,7H2,1H3,(H,14,15,18). The minimum absolute atomic E-state index is 0.166. The number of thioether (sulfide) groups is 1. The lowest BCUT2D eigenvalue weighted by Crippen LogP contribution is -2.09. The van der Waals surface area contributed by atoms with Crippen LogP contribution in [0.5, 0.6) is 0 Å². The molecule has 19 heavy (non-hydrogen) atoms. The third-order valence-electron chi connectivity index (χ3n) is 2.65. The average molecular weight is 273 g/mol. The van der Waals surface area contributed by atoms with Crippen LogP contribution in [-0.4, -0.2) is 24.6 Å². The van der Waals surface area contributed by atoms with Crippen molar-refractivity contribution in [3.63, 3.8) is 0 Å². The number of hydrogen-bond acceptors (Lipinski definition) is 5. The Kier molecular flexibility index (Phi) is 3.04. The maximum atomic E-state index is 11.3. The van der Waals surface area contributed by atoms with Gasteiger partial charge in [0.1, 0.15) is 0 Å². The highest BCUT2D eigenvalue weighted by Gasteiger charge is 2.09. The number of aryl methyl sites for hydroxylation is 1. The lowest BCUT2D eigenvalue weighted by atomic mass is 10.3. The zero-order valence-electron chi connectivity index (χ0n) is 10.2. The van der Waals surface area contributed by atoms with Crippen molar-refractivity contribution in [1.29, 1.82) is 0 Å². The van der Waals surface area contributed by atoms with Crippen molar-refractivity contribution in [1.82, 2.24) is 24.6 Å². The number of nitrogens with zero attached hydrogens (tertiary/aromatic N) is 4. The Morgan fingerprint density at radius 3 is 3.11 bits per heavy atom. The molecule has 0 saturated heterocycles. The first-order valence-corrected chi connectivity index (χ1v) is 6.69. The zero-order valence-corrected chi connectivity index (χ0v) is 11.0. The van der Waals surface area contributed by atoms with E-state index in [1.165, 1.54) is 6.07 Å². The van der Waals surface area contributed by atoms with Gasteiger partial charge < -0.3 is 0 Å². The summed E-state index contributed by atoms with van der Waals surface area (Å²) in [5.41, 5.74) is 1.77. The van der Waals surface area contributed by atoms with Crippen LogP contribution in [0.3, 0.4) is 0 Å². The molecular weight excluding hydrogens is 262 g/mol. The van der Waals surface area contributed by atoms with Gasteiger partial charge in [-0.25, -0.2) is 0 Å². The van der Waals surface area contributed by atoms with Gasteiger partial charge in [0.25, 0.3) is 5.56 Å². The number of fused-ring (bicyclic) bond motifs is 1. The van der Waals surface area contributed by atoms with Crippen molar-refractivity contribution in [3.8, 4) is 0 Å². The van der Waals surface area contributed by atoms with Crippen molar-refractivity contribution >= 4 is 17.5 Å².